The molecule has 1 N–H and O–H groups in total. The first-order valence-corrected chi connectivity index (χ1v) is 8.78. The maximum Gasteiger partial charge on any atom is 0.331 e. The number of hydrogen-bond acceptors (Lipinski definition) is 5. The number of rotatable bonds is 5. The van der Waals surface area contributed by atoms with Crippen molar-refractivity contribution in [1.29, 1.82) is 0 Å². The van der Waals surface area contributed by atoms with E-state index >= 15 is 0 Å². The maximum atomic E-state index is 12.0. The van der Waals surface area contributed by atoms with E-state index in [0.29, 0.717) is 41.0 Å². The summed E-state index contributed by atoms with van der Waals surface area (Å²) >= 11 is 6.00. The minimum Gasteiger partial charge on any atom is -0.490 e. The van der Waals surface area contributed by atoms with Crippen molar-refractivity contribution in [3.63, 3.8) is 0 Å². The zero-order chi connectivity index (χ0) is 19.1. The molecule has 0 radical (unpaired) electrons. The van der Waals surface area contributed by atoms with Gasteiger partial charge in [-0.1, -0.05) is 29.8 Å². The molecule has 0 aliphatic carbocycles. The van der Waals surface area contributed by atoms with E-state index in [1.54, 1.807) is 42.5 Å². The maximum absolute atomic E-state index is 12.0. The second kappa shape index (κ2) is 9.09. The minimum absolute atomic E-state index is 0.403. The van der Waals surface area contributed by atoms with Gasteiger partial charge in [-0.2, -0.15) is 0 Å². The summed E-state index contributed by atoms with van der Waals surface area (Å²) in [6.07, 6.45) is 3.56. The molecule has 1 aliphatic rings. The van der Waals surface area contributed by atoms with E-state index in [-0.39, 0.29) is 0 Å². The average molecular weight is 388 g/mol. The molecule has 1 aliphatic heterocycles. The lowest BCUT2D eigenvalue weighted by molar-refractivity contribution is -0.142. The first-order chi connectivity index (χ1) is 13.1. The van der Waals surface area contributed by atoms with E-state index in [9.17, 15) is 9.59 Å². The van der Waals surface area contributed by atoms with E-state index in [1.165, 1.54) is 12.2 Å². The first-order valence-electron chi connectivity index (χ1n) is 8.41. The van der Waals surface area contributed by atoms with Crippen molar-refractivity contribution in [2.45, 2.75) is 6.42 Å². The standard InChI is InChI=1S/C20H18ClNO5/c21-16-5-2-1-4-14(16)6-9-20(24)27-13-19(23)22-15-7-8-17-18(12-15)26-11-3-10-25-17/h1-2,4-9,12H,3,10-11,13H2,(H,22,23)/b9-6+. The molecule has 6 nitrogen and oxygen atoms in total. The van der Waals surface area contributed by atoms with Gasteiger partial charge in [0.1, 0.15) is 0 Å². The van der Waals surface area contributed by atoms with Gasteiger partial charge in [0.05, 0.1) is 13.2 Å². The van der Waals surface area contributed by atoms with E-state index < -0.39 is 18.5 Å². The predicted molar refractivity (Wildman–Crippen MR) is 102 cm³/mol. The molecule has 27 heavy (non-hydrogen) atoms. The molecule has 140 valence electrons. The second-order valence-corrected chi connectivity index (χ2v) is 6.13. The zero-order valence-corrected chi connectivity index (χ0v) is 15.2. The van der Waals surface area contributed by atoms with Crippen LogP contribution in [0.25, 0.3) is 6.08 Å². The number of carbonyl (C=O) groups excluding carboxylic acids is 2. The van der Waals surface area contributed by atoms with Crippen LogP contribution in [-0.2, 0) is 14.3 Å². The van der Waals surface area contributed by atoms with Crippen LogP contribution in [0, 0.1) is 0 Å². The number of esters is 1. The van der Waals surface area contributed by atoms with Crippen LogP contribution in [0.5, 0.6) is 11.5 Å². The Labute approximate surface area is 161 Å². The van der Waals surface area contributed by atoms with E-state index in [1.807, 2.05) is 0 Å². The number of benzene rings is 2. The fourth-order valence-electron chi connectivity index (χ4n) is 2.39. The quantitative estimate of drug-likeness (QED) is 0.625. The summed E-state index contributed by atoms with van der Waals surface area (Å²) in [4.78, 5) is 23.7. The van der Waals surface area contributed by atoms with Gasteiger partial charge in [0.25, 0.3) is 5.91 Å². The molecule has 0 atom stereocenters. The summed E-state index contributed by atoms with van der Waals surface area (Å²) in [5.74, 6) is 0.124. The van der Waals surface area contributed by atoms with E-state index in [4.69, 9.17) is 25.8 Å². The molecular weight excluding hydrogens is 370 g/mol. The fraction of sp³-hybridized carbons (Fsp3) is 0.200. The number of carbonyl (C=O) groups is 2. The highest BCUT2D eigenvalue weighted by Crippen LogP contribution is 2.32. The van der Waals surface area contributed by atoms with Gasteiger partial charge in [-0.15, -0.1) is 0 Å². The van der Waals surface area contributed by atoms with Crippen LogP contribution in [0.3, 0.4) is 0 Å². The third-order valence-corrected chi connectivity index (χ3v) is 4.03. The average Bonchev–Trinajstić information content (AvgIpc) is 2.90. The van der Waals surface area contributed by atoms with E-state index in [0.717, 1.165) is 6.42 Å². The normalized spacial score (nSPS) is 13.1. The number of hydrogen-bond donors (Lipinski definition) is 1. The number of fused-ring (bicyclic) bond motifs is 1. The van der Waals surface area contributed by atoms with Gasteiger partial charge in [-0.05, 0) is 29.8 Å². The number of ether oxygens (including phenoxy) is 3. The van der Waals surface area contributed by atoms with Gasteiger partial charge in [0, 0.05) is 29.3 Å². The van der Waals surface area contributed by atoms with Gasteiger partial charge in [0.2, 0.25) is 0 Å². The molecule has 0 unspecified atom stereocenters. The molecule has 2 aromatic rings. The van der Waals surface area contributed by atoms with Crippen LogP contribution in [-0.4, -0.2) is 31.7 Å². The van der Waals surface area contributed by atoms with E-state index in [2.05, 4.69) is 5.32 Å². The van der Waals surface area contributed by atoms with Crippen LogP contribution in [0.1, 0.15) is 12.0 Å². The Morgan fingerprint density at radius 1 is 1.11 bits per heavy atom. The largest absolute Gasteiger partial charge is 0.490 e. The first kappa shape index (κ1) is 18.8. The molecule has 0 fully saturated rings. The monoisotopic (exact) mass is 387 g/mol. The molecule has 0 saturated heterocycles. The molecular formula is C20H18ClNO5. The fourth-order valence-corrected chi connectivity index (χ4v) is 2.59. The molecule has 1 amide bonds. The summed E-state index contributed by atoms with van der Waals surface area (Å²) < 4.78 is 16.0. The zero-order valence-electron chi connectivity index (χ0n) is 14.4. The Kier molecular flexibility index (Phi) is 6.33. The van der Waals surface area contributed by atoms with Gasteiger partial charge in [-0.3, -0.25) is 4.79 Å². The molecule has 0 saturated carbocycles. The predicted octanol–water partition coefficient (Wildman–Crippen LogP) is 3.70. The van der Waals surface area contributed by atoms with Crippen molar-refractivity contribution in [3.8, 4) is 11.5 Å². The Bertz CT molecular complexity index is 865. The number of nitrogens with one attached hydrogen (secondary N) is 1. The van der Waals surface area contributed by atoms with Gasteiger partial charge >= 0.3 is 5.97 Å². The summed E-state index contributed by atoms with van der Waals surface area (Å²) in [6.45, 7) is 0.746. The lowest BCUT2D eigenvalue weighted by Crippen LogP contribution is -2.20. The van der Waals surface area contributed by atoms with Crippen LogP contribution in [0.4, 0.5) is 5.69 Å². The van der Waals surface area contributed by atoms with Crippen molar-refractivity contribution in [2.75, 3.05) is 25.1 Å². The summed E-state index contributed by atoms with van der Waals surface area (Å²) in [7, 11) is 0. The number of halogens is 1. The molecule has 0 aromatic heterocycles. The smallest absolute Gasteiger partial charge is 0.331 e. The van der Waals surface area contributed by atoms with Crippen molar-refractivity contribution in [2.24, 2.45) is 0 Å². The number of anilines is 1. The second-order valence-electron chi connectivity index (χ2n) is 5.72. The van der Waals surface area contributed by atoms with Crippen LogP contribution < -0.4 is 14.8 Å². The highest BCUT2D eigenvalue weighted by atomic mass is 35.5. The third kappa shape index (κ3) is 5.49. The Morgan fingerprint density at radius 2 is 1.89 bits per heavy atom. The lowest BCUT2D eigenvalue weighted by atomic mass is 10.2. The lowest BCUT2D eigenvalue weighted by Gasteiger charge is -2.10. The van der Waals surface area contributed by atoms with Gasteiger partial charge < -0.3 is 19.5 Å². The summed E-state index contributed by atoms with van der Waals surface area (Å²) in [5, 5.41) is 3.18. The Hall–Kier alpha value is -2.99. The van der Waals surface area contributed by atoms with Gasteiger partial charge in [0.15, 0.2) is 18.1 Å². The Balaban J connectivity index is 1.50. The van der Waals surface area contributed by atoms with Gasteiger partial charge in [-0.25, -0.2) is 4.79 Å². The summed E-state index contributed by atoms with van der Waals surface area (Å²) in [6, 6.07) is 12.2. The van der Waals surface area contributed by atoms with Crippen LogP contribution in [0.15, 0.2) is 48.5 Å². The highest BCUT2D eigenvalue weighted by Gasteiger charge is 2.12. The molecule has 0 bridgehead atoms. The molecule has 7 heteroatoms. The number of amides is 1. The molecule has 1 heterocycles. The van der Waals surface area contributed by atoms with Crippen molar-refractivity contribution in [3.05, 3.63) is 59.1 Å². The van der Waals surface area contributed by atoms with Crippen LogP contribution in [0.2, 0.25) is 5.02 Å². The van der Waals surface area contributed by atoms with Crippen molar-refractivity contribution in [1.82, 2.24) is 0 Å². The highest BCUT2D eigenvalue weighted by molar-refractivity contribution is 6.32. The Morgan fingerprint density at radius 3 is 2.70 bits per heavy atom. The summed E-state index contributed by atoms with van der Waals surface area (Å²) in [5.41, 5.74) is 1.22. The molecule has 3 rings (SSSR count). The third-order valence-electron chi connectivity index (χ3n) is 3.68. The SMILES string of the molecule is O=C(COC(=O)/C=C/c1ccccc1Cl)Nc1ccc2c(c1)OCCCO2. The molecule has 0 spiro atoms. The van der Waals surface area contributed by atoms with Crippen LogP contribution >= 0.6 is 11.6 Å². The molecule has 2 aromatic carbocycles. The topological polar surface area (TPSA) is 73.9 Å². The van der Waals surface area contributed by atoms with Crippen molar-refractivity contribution < 1.29 is 23.8 Å². The van der Waals surface area contributed by atoms with Crippen molar-refractivity contribution >= 4 is 35.2 Å². The minimum atomic E-state index is -0.635.